The fraction of sp³-hybridized carbons (Fsp3) is 0.250. The van der Waals surface area contributed by atoms with Crippen molar-refractivity contribution in [3.05, 3.63) is 52.1 Å². The summed E-state index contributed by atoms with van der Waals surface area (Å²) in [5.74, 6) is -1.50. The highest BCUT2D eigenvalue weighted by Gasteiger charge is 2.20. The van der Waals surface area contributed by atoms with E-state index in [9.17, 15) is 24.5 Å². The van der Waals surface area contributed by atoms with Crippen molar-refractivity contribution in [1.29, 1.82) is 0 Å². The van der Waals surface area contributed by atoms with Gasteiger partial charge in [0, 0.05) is 32.8 Å². The Morgan fingerprint density at radius 1 is 1.10 bits per heavy atom. The van der Waals surface area contributed by atoms with E-state index in [0.29, 0.717) is 17.1 Å². The maximum atomic E-state index is 12.2. The third-order valence-electron chi connectivity index (χ3n) is 4.02. The van der Waals surface area contributed by atoms with Crippen molar-refractivity contribution in [2.24, 2.45) is 0 Å². The van der Waals surface area contributed by atoms with Crippen LogP contribution in [0.1, 0.15) is 17.3 Å². The number of nitrogens with one attached hydrogen (secondary N) is 2. The summed E-state index contributed by atoms with van der Waals surface area (Å²) in [7, 11) is 4.69. The molecular weight excluding hydrogens is 408 g/mol. The van der Waals surface area contributed by atoms with Crippen LogP contribution < -0.4 is 20.3 Å². The van der Waals surface area contributed by atoms with Crippen molar-refractivity contribution in [3.8, 4) is 5.75 Å². The van der Waals surface area contributed by atoms with Crippen LogP contribution in [0.15, 0.2) is 36.4 Å². The third kappa shape index (κ3) is 6.16. The first-order valence-corrected chi connectivity index (χ1v) is 9.00. The molecule has 0 atom stereocenters. The Bertz CT molecular complexity index is 1020. The second-order valence-electron chi connectivity index (χ2n) is 6.58. The Balaban J connectivity index is 2.08. The molecular formula is C20H22N4O7. The van der Waals surface area contributed by atoms with E-state index in [4.69, 9.17) is 9.47 Å². The van der Waals surface area contributed by atoms with E-state index in [-0.39, 0.29) is 22.8 Å². The second kappa shape index (κ2) is 10.1. The smallest absolute Gasteiger partial charge is 0.338 e. The van der Waals surface area contributed by atoms with Gasteiger partial charge in [-0.25, -0.2) is 4.79 Å². The average Bonchev–Trinajstić information content (AvgIpc) is 2.71. The number of rotatable bonds is 8. The van der Waals surface area contributed by atoms with Crippen LogP contribution in [0, 0.1) is 10.1 Å². The van der Waals surface area contributed by atoms with Crippen LogP contribution in [0.3, 0.4) is 0 Å². The number of anilines is 3. The molecule has 2 amide bonds. The number of carbonyl (C=O) groups is 3. The topological polar surface area (TPSA) is 140 Å². The summed E-state index contributed by atoms with van der Waals surface area (Å²) in [6, 6.07) is 8.53. The van der Waals surface area contributed by atoms with Gasteiger partial charge in [-0.05, 0) is 30.3 Å². The summed E-state index contributed by atoms with van der Waals surface area (Å²) in [6.45, 7) is 0.715. The molecule has 2 aromatic carbocycles. The summed E-state index contributed by atoms with van der Waals surface area (Å²) in [6.07, 6.45) is 0. The minimum atomic E-state index is -0.887. The molecule has 0 bridgehead atoms. The number of ether oxygens (including phenoxy) is 2. The van der Waals surface area contributed by atoms with E-state index in [1.807, 2.05) is 0 Å². The third-order valence-corrected chi connectivity index (χ3v) is 4.02. The molecule has 2 aromatic rings. The zero-order valence-corrected chi connectivity index (χ0v) is 17.4. The highest BCUT2D eigenvalue weighted by Crippen LogP contribution is 2.29. The summed E-state index contributed by atoms with van der Waals surface area (Å²) < 4.78 is 10.1. The summed E-state index contributed by atoms with van der Waals surface area (Å²) in [5, 5.41) is 16.4. The molecule has 2 rings (SSSR count). The molecule has 0 fully saturated rings. The Kier molecular flexibility index (Phi) is 7.50. The number of esters is 1. The van der Waals surface area contributed by atoms with Crippen molar-refractivity contribution >= 4 is 40.5 Å². The van der Waals surface area contributed by atoms with E-state index in [1.165, 1.54) is 32.2 Å². The summed E-state index contributed by atoms with van der Waals surface area (Å²) in [5.41, 5.74) is 0.707. The zero-order valence-electron chi connectivity index (χ0n) is 17.4. The maximum absolute atomic E-state index is 12.2. The molecule has 164 valence electrons. The van der Waals surface area contributed by atoms with Crippen LogP contribution in [0.4, 0.5) is 22.7 Å². The molecule has 11 nitrogen and oxygen atoms in total. The molecule has 0 aromatic heterocycles. The van der Waals surface area contributed by atoms with E-state index in [0.717, 1.165) is 6.07 Å². The standard InChI is InChI=1S/C20H22N4O7/c1-12(25)21-14-6-8-18(30-4)15(10-14)22-19(26)11-31-20(27)13-5-7-16(23(2)3)17(9-13)24(28)29/h5-10H,11H2,1-4H3,(H,21,25)(H,22,26). The molecule has 0 unspecified atom stereocenters. The van der Waals surface area contributed by atoms with Crippen molar-refractivity contribution in [2.75, 3.05) is 43.3 Å². The molecule has 0 aliphatic carbocycles. The zero-order chi connectivity index (χ0) is 23.1. The summed E-state index contributed by atoms with van der Waals surface area (Å²) >= 11 is 0. The lowest BCUT2D eigenvalue weighted by atomic mass is 10.1. The van der Waals surface area contributed by atoms with Crippen LogP contribution in [-0.2, 0) is 14.3 Å². The van der Waals surface area contributed by atoms with E-state index in [2.05, 4.69) is 10.6 Å². The number of nitrogens with zero attached hydrogens (tertiary/aromatic N) is 2. The van der Waals surface area contributed by atoms with Gasteiger partial charge in [0.1, 0.15) is 11.4 Å². The second-order valence-corrected chi connectivity index (χ2v) is 6.58. The maximum Gasteiger partial charge on any atom is 0.338 e. The van der Waals surface area contributed by atoms with Crippen LogP contribution in [-0.4, -0.2) is 50.5 Å². The van der Waals surface area contributed by atoms with Crippen molar-refractivity contribution in [2.45, 2.75) is 6.92 Å². The lowest BCUT2D eigenvalue weighted by Crippen LogP contribution is -2.21. The lowest BCUT2D eigenvalue weighted by Gasteiger charge is -2.14. The SMILES string of the molecule is COc1ccc(NC(C)=O)cc1NC(=O)COC(=O)c1ccc(N(C)C)c([N+](=O)[O-])c1. The van der Waals surface area contributed by atoms with E-state index < -0.39 is 23.4 Å². The van der Waals surface area contributed by atoms with Gasteiger partial charge >= 0.3 is 5.97 Å². The largest absolute Gasteiger partial charge is 0.495 e. The van der Waals surface area contributed by atoms with Crippen molar-refractivity contribution in [3.63, 3.8) is 0 Å². The Labute approximate surface area is 178 Å². The van der Waals surface area contributed by atoms with Gasteiger partial charge < -0.3 is 25.0 Å². The fourth-order valence-electron chi connectivity index (χ4n) is 2.66. The van der Waals surface area contributed by atoms with Crippen molar-refractivity contribution in [1.82, 2.24) is 0 Å². The van der Waals surface area contributed by atoms with Crippen LogP contribution >= 0.6 is 0 Å². The fourth-order valence-corrected chi connectivity index (χ4v) is 2.66. The highest BCUT2D eigenvalue weighted by molar-refractivity contribution is 5.98. The number of benzene rings is 2. The number of methoxy groups -OCH3 is 1. The molecule has 0 heterocycles. The predicted octanol–water partition coefficient (Wildman–Crippen LogP) is 2.42. The Hall–Kier alpha value is -4.15. The number of nitro groups is 1. The predicted molar refractivity (Wildman–Crippen MR) is 114 cm³/mol. The van der Waals surface area contributed by atoms with E-state index in [1.54, 1.807) is 31.1 Å². The molecule has 0 aliphatic heterocycles. The first-order chi connectivity index (χ1) is 14.6. The van der Waals surface area contributed by atoms with Gasteiger partial charge in [-0.15, -0.1) is 0 Å². The first-order valence-electron chi connectivity index (χ1n) is 9.00. The van der Waals surface area contributed by atoms with Crippen LogP contribution in [0.2, 0.25) is 0 Å². The molecule has 0 aliphatic rings. The van der Waals surface area contributed by atoms with Gasteiger partial charge in [0.2, 0.25) is 5.91 Å². The van der Waals surface area contributed by atoms with Gasteiger partial charge in [0.05, 0.1) is 23.3 Å². The monoisotopic (exact) mass is 430 g/mol. The molecule has 0 saturated carbocycles. The molecule has 0 saturated heterocycles. The van der Waals surface area contributed by atoms with Gasteiger partial charge in [-0.3, -0.25) is 19.7 Å². The summed E-state index contributed by atoms with van der Waals surface area (Å²) in [4.78, 5) is 47.9. The van der Waals surface area contributed by atoms with Crippen LogP contribution in [0.25, 0.3) is 0 Å². The van der Waals surface area contributed by atoms with Gasteiger partial charge in [-0.1, -0.05) is 0 Å². The minimum absolute atomic E-state index is 0.0599. The van der Waals surface area contributed by atoms with Gasteiger partial charge in [0.15, 0.2) is 6.61 Å². The highest BCUT2D eigenvalue weighted by atomic mass is 16.6. The number of carbonyl (C=O) groups excluding carboxylic acids is 3. The number of nitro benzene ring substituents is 1. The van der Waals surface area contributed by atoms with Crippen LogP contribution in [0.5, 0.6) is 5.75 Å². The minimum Gasteiger partial charge on any atom is -0.495 e. The lowest BCUT2D eigenvalue weighted by molar-refractivity contribution is -0.384. The number of hydrogen-bond acceptors (Lipinski definition) is 8. The van der Waals surface area contributed by atoms with Gasteiger partial charge in [-0.2, -0.15) is 0 Å². The quantitative estimate of drug-likeness (QED) is 0.370. The average molecular weight is 430 g/mol. The number of amides is 2. The van der Waals surface area contributed by atoms with Gasteiger partial charge in [0.25, 0.3) is 11.6 Å². The molecule has 0 radical (unpaired) electrons. The molecule has 11 heteroatoms. The Morgan fingerprint density at radius 3 is 2.39 bits per heavy atom. The molecule has 31 heavy (non-hydrogen) atoms. The van der Waals surface area contributed by atoms with Crippen molar-refractivity contribution < 1.29 is 28.8 Å². The molecule has 0 spiro atoms. The normalized spacial score (nSPS) is 10.1. The number of hydrogen-bond donors (Lipinski definition) is 2. The first kappa shape index (κ1) is 23.1. The van der Waals surface area contributed by atoms with E-state index >= 15 is 0 Å². The Morgan fingerprint density at radius 2 is 1.81 bits per heavy atom. The molecule has 2 N–H and O–H groups in total.